The molecule has 0 aromatic heterocycles. The summed E-state index contributed by atoms with van der Waals surface area (Å²) in [7, 11) is 0. The standard InChI is InChI=1S/C11H24N2/c1-9(2)5-6-13-8-10(3)12-7-11(13)4/h9-12H,5-8H2,1-4H3. The van der Waals surface area contributed by atoms with E-state index in [0.717, 1.165) is 18.5 Å². The molecule has 0 saturated carbocycles. The molecule has 1 rings (SSSR count). The lowest BCUT2D eigenvalue weighted by molar-refractivity contribution is 0.140. The summed E-state index contributed by atoms with van der Waals surface area (Å²) in [6.07, 6.45) is 1.33. The van der Waals surface area contributed by atoms with Crippen molar-refractivity contribution in [3.63, 3.8) is 0 Å². The van der Waals surface area contributed by atoms with Gasteiger partial charge >= 0.3 is 0 Å². The van der Waals surface area contributed by atoms with Gasteiger partial charge in [-0.1, -0.05) is 13.8 Å². The van der Waals surface area contributed by atoms with Crippen LogP contribution in [0.1, 0.15) is 34.1 Å². The van der Waals surface area contributed by atoms with E-state index < -0.39 is 0 Å². The largest absolute Gasteiger partial charge is 0.311 e. The summed E-state index contributed by atoms with van der Waals surface area (Å²) >= 11 is 0. The molecule has 0 amide bonds. The van der Waals surface area contributed by atoms with Crippen molar-refractivity contribution in [1.82, 2.24) is 10.2 Å². The summed E-state index contributed by atoms with van der Waals surface area (Å²) in [5, 5.41) is 3.51. The second-order valence-corrected chi connectivity index (χ2v) is 4.84. The zero-order valence-electron chi connectivity index (χ0n) is 9.51. The smallest absolute Gasteiger partial charge is 0.0193 e. The molecule has 0 aromatic rings. The van der Waals surface area contributed by atoms with E-state index in [-0.39, 0.29) is 0 Å². The molecule has 1 aliphatic heterocycles. The van der Waals surface area contributed by atoms with E-state index in [1.165, 1.54) is 19.5 Å². The zero-order chi connectivity index (χ0) is 9.84. The first kappa shape index (κ1) is 11.0. The molecule has 0 aromatic carbocycles. The molecule has 1 N–H and O–H groups in total. The van der Waals surface area contributed by atoms with Crippen molar-refractivity contribution in [2.75, 3.05) is 19.6 Å². The number of hydrogen-bond acceptors (Lipinski definition) is 2. The van der Waals surface area contributed by atoms with Crippen molar-refractivity contribution in [2.45, 2.75) is 46.2 Å². The SMILES string of the molecule is CC(C)CCN1CC(C)NCC1C. The highest BCUT2D eigenvalue weighted by Gasteiger charge is 2.21. The summed E-state index contributed by atoms with van der Waals surface area (Å²) < 4.78 is 0. The fourth-order valence-electron chi connectivity index (χ4n) is 1.83. The second-order valence-electron chi connectivity index (χ2n) is 4.84. The van der Waals surface area contributed by atoms with Gasteiger partial charge in [0, 0.05) is 25.2 Å². The Bertz CT molecular complexity index is 145. The van der Waals surface area contributed by atoms with E-state index in [0.29, 0.717) is 6.04 Å². The number of nitrogens with one attached hydrogen (secondary N) is 1. The first-order chi connectivity index (χ1) is 6.09. The highest BCUT2D eigenvalue weighted by molar-refractivity contribution is 4.81. The molecule has 2 unspecified atom stereocenters. The summed E-state index contributed by atoms with van der Waals surface area (Å²) in [6.45, 7) is 12.8. The third kappa shape index (κ3) is 3.65. The van der Waals surface area contributed by atoms with Gasteiger partial charge in [0.05, 0.1) is 0 Å². The molecule has 0 aliphatic carbocycles. The molecule has 2 atom stereocenters. The fraction of sp³-hybridized carbons (Fsp3) is 1.00. The van der Waals surface area contributed by atoms with E-state index in [4.69, 9.17) is 0 Å². The lowest BCUT2D eigenvalue weighted by atomic mass is 10.1. The van der Waals surface area contributed by atoms with Gasteiger partial charge in [0.15, 0.2) is 0 Å². The minimum absolute atomic E-state index is 0.670. The van der Waals surface area contributed by atoms with Gasteiger partial charge in [0.25, 0.3) is 0 Å². The molecular formula is C11H24N2. The van der Waals surface area contributed by atoms with E-state index in [1.54, 1.807) is 0 Å². The maximum atomic E-state index is 3.51. The molecule has 1 heterocycles. The van der Waals surface area contributed by atoms with E-state index >= 15 is 0 Å². The predicted octanol–water partition coefficient (Wildman–Crippen LogP) is 1.71. The van der Waals surface area contributed by atoms with Crippen molar-refractivity contribution in [3.05, 3.63) is 0 Å². The molecule has 1 saturated heterocycles. The summed E-state index contributed by atoms with van der Waals surface area (Å²) in [5.74, 6) is 0.831. The van der Waals surface area contributed by atoms with Gasteiger partial charge in [0.2, 0.25) is 0 Å². The maximum absolute atomic E-state index is 3.51. The molecule has 78 valence electrons. The average molecular weight is 184 g/mol. The average Bonchev–Trinajstić information content (AvgIpc) is 2.06. The Morgan fingerprint density at radius 3 is 2.69 bits per heavy atom. The summed E-state index contributed by atoms with van der Waals surface area (Å²) in [6, 6.07) is 1.39. The van der Waals surface area contributed by atoms with Crippen LogP contribution in [0, 0.1) is 5.92 Å². The fourth-order valence-corrected chi connectivity index (χ4v) is 1.83. The van der Waals surface area contributed by atoms with Crippen molar-refractivity contribution < 1.29 is 0 Å². The van der Waals surface area contributed by atoms with Gasteiger partial charge in [-0.25, -0.2) is 0 Å². The third-order valence-corrected chi connectivity index (χ3v) is 2.89. The van der Waals surface area contributed by atoms with Gasteiger partial charge < -0.3 is 5.32 Å². The minimum atomic E-state index is 0.670. The van der Waals surface area contributed by atoms with Gasteiger partial charge in [-0.05, 0) is 32.7 Å². The Morgan fingerprint density at radius 2 is 2.08 bits per heavy atom. The van der Waals surface area contributed by atoms with Crippen LogP contribution in [0.15, 0.2) is 0 Å². The first-order valence-corrected chi connectivity index (χ1v) is 5.57. The number of hydrogen-bond donors (Lipinski definition) is 1. The van der Waals surface area contributed by atoms with Crippen LogP contribution in [0.4, 0.5) is 0 Å². The van der Waals surface area contributed by atoms with Crippen LogP contribution >= 0.6 is 0 Å². The van der Waals surface area contributed by atoms with Crippen LogP contribution in [0.3, 0.4) is 0 Å². The molecule has 2 heteroatoms. The molecule has 13 heavy (non-hydrogen) atoms. The van der Waals surface area contributed by atoms with Crippen molar-refractivity contribution in [3.8, 4) is 0 Å². The first-order valence-electron chi connectivity index (χ1n) is 5.57. The van der Waals surface area contributed by atoms with Crippen LogP contribution in [0.5, 0.6) is 0 Å². The van der Waals surface area contributed by atoms with E-state index in [1.807, 2.05) is 0 Å². The van der Waals surface area contributed by atoms with Gasteiger partial charge in [-0.2, -0.15) is 0 Å². The van der Waals surface area contributed by atoms with Crippen LogP contribution < -0.4 is 5.32 Å². The molecule has 1 aliphatic rings. The molecule has 2 nitrogen and oxygen atoms in total. The quantitative estimate of drug-likeness (QED) is 0.718. The topological polar surface area (TPSA) is 15.3 Å². The van der Waals surface area contributed by atoms with Crippen molar-refractivity contribution in [2.24, 2.45) is 5.92 Å². The molecule has 0 radical (unpaired) electrons. The molecular weight excluding hydrogens is 160 g/mol. The normalized spacial score (nSPS) is 31.2. The van der Waals surface area contributed by atoms with Gasteiger partial charge in [0.1, 0.15) is 0 Å². The Hall–Kier alpha value is -0.0800. The maximum Gasteiger partial charge on any atom is 0.0193 e. The molecule has 1 fully saturated rings. The van der Waals surface area contributed by atoms with Crippen molar-refractivity contribution >= 4 is 0 Å². The highest BCUT2D eigenvalue weighted by Crippen LogP contribution is 2.09. The number of piperazine rings is 1. The summed E-state index contributed by atoms with van der Waals surface area (Å²) in [4.78, 5) is 2.61. The lowest BCUT2D eigenvalue weighted by Crippen LogP contribution is -2.54. The number of rotatable bonds is 3. The Morgan fingerprint density at radius 1 is 1.38 bits per heavy atom. The Kier molecular flexibility index (Phi) is 4.20. The van der Waals surface area contributed by atoms with Crippen LogP contribution in [0.25, 0.3) is 0 Å². The predicted molar refractivity (Wildman–Crippen MR) is 58.0 cm³/mol. The van der Waals surface area contributed by atoms with Crippen LogP contribution in [0.2, 0.25) is 0 Å². The second kappa shape index (κ2) is 4.97. The Balaban J connectivity index is 2.29. The monoisotopic (exact) mass is 184 g/mol. The van der Waals surface area contributed by atoms with Crippen LogP contribution in [-0.2, 0) is 0 Å². The molecule has 0 spiro atoms. The lowest BCUT2D eigenvalue weighted by Gasteiger charge is -2.37. The van der Waals surface area contributed by atoms with Gasteiger partial charge in [-0.3, -0.25) is 4.90 Å². The summed E-state index contributed by atoms with van der Waals surface area (Å²) in [5.41, 5.74) is 0. The third-order valence-electron chi connectivity index (χ3n) is 2.89. The highest BCUT2D eigenvalue weighted by atomic mass is 15.2. The van der Waals surface area contributed by atoms with E-state index in [2.05, 4.69) is 37.9 Å². The molecule has 0 bridgehead atoms. The zero-order valence-corrected chi connectivity index (χ0v) is 9.51. The van der Waals surface area contributed by atoms with E-state index in [9.17, 15) is 0 Å². The van der Waals surface area contributed by atoms with Gasteiger partial charge in [-0.15, -0.1) is 0 Å². The number of nitrogens with zero attached hydrogens (tertiary/aromatic N) is 1. The van der Waals surface area contributed by atoms with Crippen molar-refractivity contribution in [1.29, 1.82) is 0 Å². The minimum Gasteiger partial charge on any atom is -0.311 e. The van der Waals surface area contributed by atoms with Crippen LogP contribution in [-0.4, -0.2) is 36.6 Å². The Labute approximate surface area is 82.7 Å².